The number of pyridine rings is 1. The Morgan fingerprint density at radius 3 is 2.65 bits per heavy atom. The van der Waals surface area contributed by atoms with Crippen LogP contribution in [0.5, 0.6) is 0 Å². The molecule has 0 radical (unpaired) electrons. The third-order valence-corrected chi connectivity index (χ3v) is 7.50. The quantitative estimate of drug-likeness (QED) is 0.814. The molecule has 3 rings (SSSR count). The summed E-state index contributed by atoms with van der Waals surface area (Å²) in [6.45, 7) is 2.32. The standard InChI is InChI=1S/C15H18BrN3O2S2/c16-13-4-5-15(22-13)23(20,21)18-11-12-6-9-19(10-7-12)14-3-1-2-8-17-14/h1-5,8,12,18H,6-7,9-11H2. The van der Waals surface area contributed by atoms with E-state index in [4.69, 9.17) is 0 Å². The zero-order valence-corrected chi connectivity index (χ0v) is 15.7. The van der Waals surface area contributed by atoms with Crippen LogP contribution in [-0.4, -0.2) is 33.0 Å². The van der Waals surface area contributed by atoms with Gasteiger partial charge >= 0.3 is 0 Å². The molecule has 0 aromatic carbocycles. The van der Waals surface area contributed by atoms with Gasteiger partial charge in [-0.2, -0.15) is 0 Å². The van der Waals surface area contributed by atoms with Gasteiger partial charge < -0.3 is 4.90 Å². The highest BCUT2D eigenvalue weighted by Crippen LogP contribution is 2.26. The molecule has 1 fully saturated rings. The Hall–Kier alpha value is -0.960. The Balaban J connectivity index is 1.51. The fourth-order valence-electron chi connectivity index (χ4n) is 2.65. The van der Waals surface area contributed by atoms with Crippen molar-refractivity contribution in [1.82, 2.24) is 9.71 Å². The monoisotopic (exact) mass is 415 g/mol. The lowest BCUT2D eigenvalue weighted by Crippen LogP contribution is -2.38. The average Bonchev–Trinajstić information content (AvgIpc) is 3.02. The number of sulfonamides is 1. The van der Waals surface area contributed by atoms with Crippen molar-refractivity contribution >= 4 is 43.1 Å². The van der Waals surface area contributed by atoms with Gasteiger partial charge in [0.05, 0.1) is 3.79 Å². The van der Waals surface area contributed by atoms with E-state index in [2.05, 4.69) is 30.5 Å². The third-order valence-electron chi connectivity index (χ3n) is 3.96. The minimum Gasteiger partial charge on any atom is -0.357 e. The van der Waals surface area contributed by atoms with Crippen molar-refractivity contribution in [3.05, 3.63) is 40.3 Å². The Bertz CT molecular complexity index is 741. The molecule has 0 saturated carbocycles. The van der Waals surface area contributed by atoms with Gasteiger partial charge in [0.25, 0.3) is 0 Å². The van der Waals surface area contributed by atoms with Crippen molar-refractivity contribution in [2.45, 2.75) is 17.1 Å². The molecule has 8 heteroatoms. The number of rotatable bonds is 5. The highest BCUT2D eigenvalue weighted by Gasteiger charge is 2.23. The summed E-state index contributed by atoms with van der Waals surface area (Å²) in [7, 11) is -3.39. The smallest absolute Gasteiger partial charge is 0.250 e. The molecule has 1 saturated heterocycles. The molecule has 2 aromatic rings. The Morgan fingerprint density at radius 2 is 2.04 bits per heavy atom. The van der Waals surface area contributed by atoms with Crippen LogP contribution in [0.3, 0.4) is 0 Å². The molecular weight excluding hydrogens is 398 g/mol. The lowest BCUT2D eigenvalue weighted by Gasteiger charge is -2.32. The molecule has 0 unspecified atom stereocenters. The van der Waals surface area contributed by atoms with Crippen LogP contribution in [0.25, 0.3) is 0 Å². The first-order chi connectivity index (χ1) is 11.0. The fraction of sp³-hybridized carbons (Fsp3) is 0.400. The summed E-state index contributed by atoms with van der Waals surface area (Å²) in [4.78, 5) is 6.62. The second-order valence-electron chi connectivity index (χ2n) is 5.53. The zero-order valence-electron chi connectivity index (χ0n) is 12.5. The molecule has 1 aliphatic heterocycles. The van der Waals surface area contributed by atoms with Gasteiger partial charge in [-0.15, -0.1) is 11.3 Å². The molecule has 0 atom stereocenters. The molecule has 1 N–H and O–H groups in total. The van der Waals surface area contributed by atoms with E-state index in [-0.39, 0.29) is 0 Å². The largest absolute Gasteiger partial charge is 0.357 e. The number of hydrogen-bond acceptors (Lipinski definition) is 5. The SMILES string of the molecule is O=S(=O)(NCC1CCN(c2ccccn2)CC1)c1ccc(Br)s1. The van der Waals surface area contributed by atoms with Crippen molar-refractivity contribution in [2.75, 3.05) is 24.5 Å². The van der Waals surface area contributed by atoms with Gasteiger partial charge in [0, 0.05) is 25.8 Å². The molecular formula is C15H18BrN3O2S2. The van der Waals surface area contributed by atoms with E-state index in [9.17, 15) is 8.42 Å². The van der Waals surface area contributed by atoms with E-state index in [0.29, 0.717) is 16.7 Å². The fourth-order valence-corrected chi connectivity index (χ4v) is 5.82. The second kappa shape index (κ2) is 7.29. The summed E-state index contributed by atoms with van der Waals surface area (Å²) in [5.41, 5.74) is 0. The molecule has 124 valence electrons. The van der Waals surface area contributed by atoms with Crippen LogP contribution in [0.4, 0.5) is 5.82 Å². The Kier molecular flexibility index (Phi) is 5.35. The first kappa shape index (κ1) is 16.9. The molecule has 23 heavy (non-hydrogen) atoms. The van der Waals surface area contributed by atoms with E-state index in [1.54, 1.807) is 18.3 Å². The first-order valence-electron chi connectivity index (χ1n) is 7.45. The predicted molar refractivity (Wildman–Crippen MR) is 96.4 cm³/mol. The number of piperidine rings is 1. The topological polar surface area (TPSA) is 62.3 Å². The van der Waals surface area contributed by atoms with Crippen molar-refractivity contribution < 1.29 is 8.42 Å². The highest BCUT2D eigenvalue weighted by atomic mass is 79.9. The minimum atomic E-state index is -3.39. The molecule has 0 bridgehead atoms. The van der Waals surface area contributed by atoms with Crippen molar-refractivity contribution in [3.8, 4) is 0 Å². The summed E-state index contributed by atoms with van der Waals surface area (Å²) in [5.74, 6) is 1.36. The van der Waals surface area contributed by atoms with Crippen LogP contribution in [-0.2, 0) is 10.0 Å². The molecule has 0 amide bonds. The van der Waals surface area contributed by atoms with Gasteiger partial charge in [-0.1, -0.05) is 6.07 Å². The predicted octanol–water partition coefficient (Wildman–Crippen LogP) is 3.10. The second-order valence-corrected chi connectivity index (χ2v) is 9.99. The summed E-state index contributed by atoms with van der Waals surface area (Å²) >= 11 is 4.52. The first-order valence-corrected chi connectivity index (χ1v) is 10.5. The van der Waals surface area contributed by atoms with E-state index < -0.39 is 10.0 Å². The van der Waals surface area contributed by atoms with E-state index in [0.717, 1.165) is 35.5 Å². The van der Waals surface area contributed by atoms with Crippen molar-refractivity contribution in [2.24, 2.45) is 5.92 Å². The Morgan fingerprint density at radius 1 is 1.26 bits per heavy atom. The van der Waals surface area contributed by atoms with Crippen LogP contribution < -0.4 is 9.62 Å². The van der Waals surface area contributed by atoms with E-state index >= 15 is 0 Å². The number of halogens is 1. The number of anilines is 1. The van der Waals surface area contributed by atoms with Gasteiger partial charge in [-0.25, -0.2) is 18.1 Å². The summed E-state index contributed by atoms with van der Waals surface area (Å²) in [6.07, 6.45) is 3.73. The van der Waals surface area contributed by atoms with Crippen LogP contribution in [0.2, 0.25) is 0 Å². The van der Waals surface area contributed by atoms with E-state index in [1.165, 1.54) is 11.3 Å². The van der Waals surface area contributed by atoms with Gasteiger partial charge in [0.2, 0.25) is 10.0 Å². The maximum Gasteiger partial charge on any atom is 0.250 e. The number of hydrogen-bond donors (Lipinski definition) is 1. The molecule has 2 aromatic heterocycles. The van der Waals surface area contributed by atoms with E-state index in [1.807, 2.05) is 18.2 Å². The molecule has 0 spiro atoms. The summed E-state index contributed by atoms with van der Waals surface area (Å²) < 4.78 is 28.4. The van der Waals surface area contributed by atoms with Gasteiger partial charge in [0.15, 0.2) is 0 Å². The normalized spacial score (nSPS) is 16.7. The molecule has 5 nitrogen and oxygen atoms in total. The number of nitrogens with one attached hydrogen (secondary N) is 1. The highest BCUT2D eigenvalue weighted by molar-refractivity contribution is 9.11. The lowest BCUT2D eigenvalue weighted by molar-refractivity contribution is 0.401. The zero-order chi connectivity index (χ0) is 16.3. The van der Waals surface area contributed by atoms with Crippen LogP contribution in [0.1, 0.15) is 12.8 Å². The average molecular weight is 416 g/mol. The van der Waals surface area contributed by atoms with Crippen molar-refractivity contribution in [1.29, 1.82) is 0 Å². The van der Waals surface area contributed by atoms with Crippen LogP contribution in [0, 0.1) is 5.92 Å². The molecule has 0 aliphatic carbocycles. The van der Waals surface area contributed by atoms with Gasteiger partial charge in [0.1, 0.15) is 10.0 Å². The summed E-state index contributed by atoms with van der Waals surface area (Å²) in [5, 5.41) is 0. The maximum absolute atomic E-state index is 12.2. The molecule has 1 aliphatic rings. The number of aromatic nitrogens is 1. The summed E-state index contributed by atoms with van der Waals surface area (Å²) in [6, 6.07) is 9.29. The minimum absolute atomic E-state index is 0.357. The van der Waals surface area contributed by atoms with Gasteiger partial charge in [-0.05, 0) is 59.0 Å². The maximum atomic E-state index is 12.2. The lowest BCUT2D eigenvalue weighted by atomic mass is 9.97. The third kappa shape index (κ3) is 4.32. The number of nitrogens with zero attached hydrogens (tertiary/aromatic N) is 2. The van der Waals surface area contributed by atoms with Crippen molar-refractivity contribution in [3.63, 3.8) is 0 Å². The number of thiophene rings is 1. The Labute approximate surface area is 148 Å². The van der Waals surface area contributed by atoms with Crippen LogP contribution >= 0.6 is 27.3 Å². The molecule has 3 heterocycles. The van der Waals surface area contributed by atoms with Crippen LogP contribution in [0.15, 0.2) is 44.5 Å². The van der Waals surface area contributed by atoms with Gasteiger partial charge in [-0.3, -0.25) is 0 Å².